The third-order valence-electron chi connectivity index (χ3n) is 2.51. The standard InChI is InChI=1S/C14H29N3O.HI/c1-5-8-9-12-17(4)14(15-6-2)16-11-10-13-18-7-3;/h5H,1,6-13H2,2-4H3,(H,15,16);1H. The number of unbranched alkanes of at least 4 members (excludes halogenated alkanes) is 1. The third-order valence-corrected chi connectivity index (χ3v) is 2.51. The number of ether oxygens (including phenoxy) is 1. The molecule has 4 nitrogen and oxygen atoms in total. The molecule has 0 amide bonds. The van der Waals surface area contributed by atoms with Crippen molar-refractivity contribution in [1.82, 2.24) is 10.2 Å². The minimum Gasteiger partial charge on any atom is -0.382 e. The molecule has 0 rings (SSSR count). The zero-order chi connectivity index (χ0) is 13.6. The van der Waals surface area contributed by atoms with Crippen LogP contribution >= 0.6 is 24.0 Å². The molecule has 0 aliphatic carbocycles. The second kappa shape index (κ2) is 15.8. The molecule has 0 saturated carbocycles. The highest BCUT2D eigenvalue weighted by Crippen LogP contribution is 1.95. The lowest BCUT2D eigenvalue weighted by Gasteiger charge is -2.21. The van der Waals surface area contributed by atoms with E-state index < -0.39 is 0 Å². The van der Waals surface area contributed by atoms with Crippen LogP contribution in [0.5, 0.6) is 0 Å². The molecule has 1 N–H and O–H groups in total. The number of halogens is 1. The second-order valence-corrected chi connectivity index (χ2v) is 4.14. The molecule has 0 atom stereocenters. The summed E-state index contributed by atoms with van der Waals surface area (Å²) in [4.78, 5) is 6.76. The van der Waals surface area contributed by atoms with Gasteiger partial charge in [0.05, 0.1) is 0 Å². The number of hydrogen-bond donors (Lipinski definition) is 1. The van der Waals surface area contributed by atoms with Crippen LogP contribution in [-0.4, -0.2) is 50.8 Å². The third kappa shape index (κ3) is 12.5. The predicted octanol–water partition coefficient (Wildman–Crippen LogP) is 2.89. The number of guanidine groups is 1. The van der Waals surface area contributed by atoms with Gasteiger partial charge in [0.1, 0.15) is 0 Å². The van der Waals surface area contributed by atoms with Gasteiger partial charge in [-0.1, -0.05) is 6.08 Å². The van der Waals surface area contributed by atoms with Gasteiger partial charge in [-0.15, -0.1) is 30.6 Å². The van der Waals surface area contributed by atoms with E-state index in [4.69, 9.17) is 4.74 Å². The van der Waals surface area contributed by atoms with Crippen molar-refractivity contribution in [2.75, 3.05) is 39.9 Å². The largest absolute Gasteiger partial charge is 0.382 e. The summed E-state index contributed by atoms with van der Waals surface area (Å²) in [5.74, 6) is 0.984. The maximum absolute atomic E-state index is 5.30. The Hall–Kier alpha value is -0.300. The summed E-state index contributed by atoms with van der Waals surface area (Å²) in [7, 11) is 2.08. The van der Waals surface area contributed by atoms with Crippen LogP contribution in [0, 0.1) is 0 Å². The van der Waals surface area contributed by atoms with Crippen molar-refractivity contribution < 1.29 is 4.74 Å². The summed E-state index contributed by atoms with van der Waals surface area (Å²) in [5.41, 5.74) is 0. The van der Waals surface area contributed by atoms with Crippen LogP contribution in [0.15, 0.2) is 17.6 Å². The summed E-state index contributed by atoms with van der Waals surface area (Å²) in [6, 6.07) is 0. The number of hydrogen-bond acceptors (Lipinski definition) is 2. The molecule has 19 heavy (non-hydrogen) atoms. The van der Waals surface area contributed by atoms with Crippen molar-refractivity contribution in [1.29, 1.82) is 0 Å². The highest BCUT2D eigenvalue weighted by molar-refractivity contribution is 14.0. The Morgan fingerprint density at radius 3 is 2.68 bits per heavy atom. The van der Waals surface area contributed by atoms with E-state index >= 15 is 0 Å². The lowest BCUT2D eigenvalue weighted by Crippen LogP contribution is -2.39. The van der Waals surface area contributed by atoms with Gasteiger partial charge in [-0.3, -0.25) is 4.99 Å². The smallest absolute Gasteiger partial charge is 0.193 e. The molecule has 0 bridgehead atoms. The molecule has 0 aliphatic rings. The Bertz CT molecular complexity index is 235. The van der Waals surface area contributed by atoms with Crippen LogP contribution in [0.1, 0.15) is 33.1 Å². The molecule has 114 valence electrons. The van der Waals surface area contributed by atoms with Crippen LogP contribution in [0.2, 0.25) is 0 Å². The SMILES string of the molecule is C=CCCCN(C)C(=NCCCOCC)NCC.I. The van der Waals surface area contributed by atoms with Gasteiger partial charge in [0.2, 0.25) is 0 Å². The number of aliphatic imine (C=N–C) groups is 1. The second-order valence-electron chi connectivity index (χ2n) is 4.14. The number of rotatable bonds is 10. The summed E-state index contributed by atoms with van der Waals surface area (Å²) in [6.45, 7) is 12.1. The average Bonchev–Trinajstić information content (AvgIpc) is 2.37. The van der Waals surface area contributed by atoms with Crippen molar-refractivity contribution in [2.45, 2.75) is 33.1 Å². The fourth-order valence-electron chi connectivity index (χ4n) is 1.54. The molecule has 0 unspecified atom stereocenters. The van der Waals surface area contributed by atoms with E-state index in [0.717, 1.165) is 58.1 Å². The zero-order valence-electron chi connectivity index (χ0n) is 12.7. The van der Waals surface area contributed by atoms with Gasteiger partial charge in [-0.25, -0.2) is 0 Å². The molecule has 0 radical (unpaired) electrons. The van der Waals surface area contributed by atoms with Crippen molar-refractivity contribution in [3.63, 3.8) is 0 Å². The van der Waals surface area contributed by atoms with Gasteiger partial charge in [-0.05, 0) is 33.1 Å². The normalized spacial score (nSPS) is 10.8. The highest BCUT2D eigenvalue weighted by atomic mass is 127. The molecule has 0 aromatic rings. The Morgan fingerprint density at radius 2 is 2.11 bits per heavy atom. The zero-order valence-corrected chi connectivity index (χ0v) is 15.0. The molecule has 0 fully saturated rings. The Labute approximate surface area is 135 Å². The highest BCUT2D eigenvalue weighted by Gasteiger charge is 2.03. The quantitative estimate of drug-likeness (QED) is 0.207. The lowest BCUT2D eigenvalue weighted by atomic mass is 10.3. The van der Waals surface area contributed by atoms with Gasteiger partial charge in [0.15, 0.2) is 5.96 Å². The van der Waals surface area contributed by atoms with Gasteiger partial charge < -0.3 is 15.0 Å². The summed E-state index contributed by atoms with van der Waals surface area (Å²) < 4.78 is 5.30. The van der Waals surface area contributed by atoms with Crippen LogP contribution in [0.4, 0.5) is 0 Å². The van der Waals surface area contributed by atoms with Crippen LogP contribution in [0.3, 0.4) is 0 Å². The van der Waals surface area contributed by atoms with E-state index in [2.05, 4.69) is 35.8 Å². The van der Waals surface area contributed by atoms with E-state index in [1.807, 2.05) is 13.0 Å². The molecule has 0 saturated heterocycles. The first-order valence-electron chi connectivity index (χ1n) is 6.94. The lowest BCUT2D eigenvalue weighted by molar-refractivity contribution is 0.146. The topological polar surface area (TPSA) is 36.9 Å². The summed E-state index contributed by atoms with van der Waals surface area (Å²) >= 11 is 0. The fraction of sp³-hybridized carbons (Fsp3) is 0.786. The molecule has 5 heteroatoms. The molecular formula is C14H30IN3O. The fourth-order valence-corrected chi connectivity index (χ4v) is 1.54. The van der Waals surface area contributed by atoms with E-state index in [9.17, 15) is 0 Å². The van der Waals surface area contributed by atoms with Crippen LogP contribution in [0.25, 0.3) is 0 Å². The van der Waals surface area contributed by atoms with Gasteiger partial charge in [0, 0.05) is 39.9 Å². The van der Waals surface area contributed by atoms with E-state index in [-0.39, 0.29) is 24.0 Å². The van der Waals surface area contributed by atoms with Crippen molar-refractivity contribution in [3.8, 4) is 0 Å². The Balaban J connectivity index is 0. The maximum atomic E-state index is 5.30. The van der Waals surface area contributed by atoms with Crippen molar-refractivity contribution in [2.24, 2.45) is 4.99 Å². The van der Waals surface area contributed by atoms with Crippen molar-refractivity contribution >= 4 is 29.9 Å². The Kier molecular flexibility index (Phi) is 17.4. The summed E-state index contributed by atoms with van der Waals surface area (Å²) in [5, 5.41) is 3.31. The molecular weight excluding hydrogens is 353 g/mol. The molecule has 0 heterocycles. The first-order valence-corrected chi connectivity index (χ1v) is 6.94. The number of nitrogens with one attached hydrogen (secondary N) is 1. The van der Waals surface area contributed by atoms with E-state index in [0.29, 0.717) is 0 Å². The van der Waals surface area contributed by atoms with Gasteiger partial charge in [-0.2, -0.15) is 0 Å². The van der Waals surface area contributed by atoms with Crippen molar-refractivity contribution in [3.05, 3.63) is 12.7 Å². The minimum atomic E-state index is 0. The first-order chi connectivity index (χ1) is 8.76. The monoisotopic (exact) mass is 383 g/mol. The molecule has 0 aliphatic heterocycles. The first kappa shape index (κ1) is 21.0. The average molecular weight is 383 g/mol. The molecule has 0 spiro atoms. The minimum absolute atomic E-state index is 0. The van der Waals surface area contributed by atoms with Crippen LogP contribution < -0.4 is 5.32 Å². The van der Waals surface area contributed by atoms with E-state index in [1.54, 1.807) is 0 Å². The predicted molar refractivity (Wildman–Crippen MR) is 94.6 cm³/mol. The van der Waals surface area contributed by atoms with Gasteiger partial charge >= 0.3 is 0 Å². The van der Waals surface area contributed by atoms with Gasteiger partial charge in [0.25, 0.3) is 0 Å². The van der Waals surface area contributed by atoms with E-state index in [1.165, 1.54) is 0 Å². The molecule has 0 aromatic carbocycles. The number of nitrogens with zero attached hydrogens (tertiary/aromatic N) is 2. The Morgan fingerprint density at radius 1 is 1.37 bits per heavy atom. The maximum Gasteiger partial charge on any atom is 0.193 e. The summed E-state index contributed by atoms with van der Waals surface area (Å²) in [6.07, 6.45) is 5.10. The number of allylic oxidation sites excluding steroid dienone is 1. The molecule has 0 aromatic heterocycles. The van der Waals surface area contributed by atoms with Crippen LogP contribution in [-0.2, 0) is 4.74 Å².